The lowest BCUT2D eigenvalue weighted by atomic mass is 10.2. The van der Waals surface area contributed by atoms with Gasteiger partial charge in [0.15, 0.2) is 0 Å². The summed E-state index contributed by atoms with van der Waals surface area (Å²) in [6.45, 7) is 5.83. The van der Waals surface area contributed by atoms with Crippen LogP contribution in [0, 0.1) is 6.92 Å². The Balaban J connectivity index is 0.000000921. The molecule has 1 aromatic heterocycles. The molecular weight excluding hydrogens is 198 g/mol. The monoisotopic (exact) mass is 214 g/mol. The second kappa shape index (κ2) is 8.03. The Morgan fingerprint density at radius 3 is 2.40 bits per heavy atom. The van der Waals surface area contributed by atoms with Crippen molar-refractivity contribution in [3.8, 4) is 0 Å². The van der Waals surface area contributed by atoms with Gasteiger partial charge in [-0.05, 0) is 25.8 Å². The molecule has 0 fully saturated rings. The number of hydrogen-bond donors (Lipinski definition) is 0. The summed E-state index contributed by atoms with van der Waals surface area (Å²) in [5.74, 6) is 0. The van der Waals surface area contributed by atoms with Gasteiger partial charge in [0.2, 0.25) is 0 Å². The first-order chi connectivity index (χ1) is 7.18. The molecular formula is C11H16F2N2. The summed E-state index contributed by atoms with van der Waals surface area (Å²) in [6, 6.07) is 0. The molecule has 1 rings (SSSR count). The van der Waals surface area contributed by atoms with Gasteiger partial charge in [-0.25, -0.2) is 0 Å². The van der Waals surface area contributed by atoms with E-state index in [1.54, 1.807) is 12.4 Å². The normalized spacial score (nSPS) is 8.87. The molecule has 0 aliphatic carbocycles. The fraction of sp³-hybridized carbons (Fsp3) is 0.455. The average Bonchev–Trinajstić information content (AvgIpc) is 2.23. The van der Waals surface area contributed by atoms with Gasteiger partial charge in [0.1, 0.15) is 0 Å². The van der Waals surface area contributed by atoms with E-state index in [1.165, 1.54) is 0 Å². The summed E-state index contributed by atoms with van der Waals surface area (Å²) in [7, 11) is 0. The largest absolute Gasteiger partial charge is 0.266 e. The molecule has 15 heavy (non-hydrogen) atoms. The highest BCUT2D eigenvalue weighted by Gasteiger charge is 1.94. The van der Waals surface area contributed by atoms with E-state index in [9.17, 15) is 8.78 Å². The summed E-state index contributed by atoms with van der Waals surface area (Å²) in [6.07, 6.45) is 3.30. The van der Waals surface area contributed by atoms with Gasteiger partial charge in [-0.1, -0.05) is 13.8 Å². The van der Waals surface area contributed by atoms with Crippen molar-refractivity contribution in [1.29, 1.82) is 0 Å². The Bertz CT molecular complexity index is 290. The van der Waals surface area contributed by atoms with Gasteiger partial charge in [-0.3, -0.25) is 9.97 Å². The van der Waals surface area contributed by atoms with Gasteiger partial charge in [0.05, 0.1) is 11.4 Å². The number of halogens is 2. The van der Waals surface area contributed by atoms with Gasteiger partial charge in [-0.2, -0.15) is 8.78 Å². The zero-order chi connectivity index (χ0) is 11.7. The van der Waals surface area contributed by atoms with Crippen molar-refractivity contribution in [3.63, 3.8) is 0 Å². The average molecular weight is 214 g/mol. The fourth-order valence-electron chi connectivity index (χ4n) is 0.878. The zero-order valence-electron chi connectivity index (χ0n) is 9.30. The van der Waals surface area contributed by atoms with Crippen molar-refractivity contribution in [3.05, 3.63) is 35.9 Å². The number of rotatable bonds is 3. The second-order valence-corrected chi connectivity index (χ2v) is 2.68. The highest BCUT2D eigenvalue weighted by Crippen LogP contribution is 2.03. The Labute approximate surface area is 89.1 Å². The van der Waals surface area contributed by atoms with E-state index in [0.29, 0.717) is 12.8 Å². The molecule has 0 saturated carbocycles. The lowest BCUT2D eigenvalue weighted by molar-refractivity contribution is 0.417. The molecule has 0 aliphatic rings. The van der Waals surface area contributed by atoms with Crippen LogP contribution in [-0.2, 0) is 6.42 Å². The Hall–Kier alpha value is -1.32. The Morgan fingerprint density at radius 2 is 1.93 bits per heavy atom. The minimum Gasteiger partial charge on any atom is -0.258 e. The van der Waals surface area contributed by atoms with Crippen LogP contribution in [-0.4, -0.2) is 9.97 Å². The predicted molar refractivity (Wildman–Crippen MR) is 56.7 cm³/mol. The SMILES string of the molecule is CC.Cc1cnc(CCC=C(F)F)cn1. The third-order valence-corrected chi connectivity index (χ3v) is 1.53. The molecule has 1 aromatic rings. The zero-order valence-corrected chi connectivity index (χ0v) is 9.30. The van der Waals surface area contributed by atoms with E-state index in [1.807, 2.05) is 20.8 Å². The van der Waals surface area contributed by atoms with E-state index in [0.717, 1.165) is 17.5 Å². The van der Waals surface area contributed by atoms with Crippen LogP contribution in [0.3, 0.4) is 0 Å². The van der Waals surface area contributed by atoms with E-state index in [2.05, 4.69) is 9.97 Å². The molecule has 0 saturated heterocycles. The van der Waals surface area contributed by atoms with E-state index >= 15 is 0 Å². The summed E-state index contributed by atoms with van der Waals surface area (Å²) >= 11 is 0. The molecule has 0 amide bonds. The second-order valence-electron chi connectivity index (χ2n) is 2.68. The highest BCUT2D eigenvalue weighted by molar-refractivity contribution is 5.01. The first kappa shape index (κ1) is 13.7. The molecule has 84 valence electrons. The number of allylic oxidation sites excluding steroid dienone is 1. The molecule has 0 aromatic carbocycles. The van der Waals surface area contributed by atoms with Gasteiger partial charge in [0.25, 0.3) is 6.08 Å². The van der Waals surface area contributed by atoms with Crippen LogP contribution in [0.1, 0.15) is 31.7 Å². The van der Waals surface area contributed by atoms with Gasteiger partial charge >= 0.3 is 0 Å². The number of hydrogen-bond acceptors (Lipinski definition) is 2. The Kier molecular flexibility index (Phi) is 7.32. The van der Waals surface area contributed by atoms with Gasteiger partial charge in [-0.15, -0.1) is 0 Å². The van der Waals surface area contributed by atoms with Crippen LogP contribution in [0.2, 0.25) is 0 Å². The van der Waals surface area contributed by atoms with Gasteiger partial charge < -0.3 is 0 Å². The molecule has 0 atom stereocenters. The van der Waals surface area contributed by atoms with Crippen LogP contribution < -0.4 is 0 Å². The maximum absolute atomic E-state index is 11.6. The number of nitrogens with zero attached hydrogens (tertiary/aromatic N) is 2. The fourth-order valence-corrected chi connectivity index (χ4v) is 0.878. The van der Waals surface area contributed by atoms with Crippen LogP contribution >= 0.6 is 0 Å². The third kappa shape index (κ3) is 6.71. The van der Waals surface area contributed by atoms with Crippen molar-refractivity contribution in [2.45, 2.75) is 33.6 Å². The smallest absolute Gasteiger partial charge is 0.258 e. The van der Waals surface area contributed by atoms with Gasteiger partial charge in [0, 0.05) is 12.4 Å². The Morgan fingerprint density at radius 1 is 1.27 bits per heavy atom. The summed E-state index contributed by atoms with van der Waals surface area (Å²) < 4.78 is 23.3. The summed E-state index contributed by atoms with van der Waals surface area (Å²) in [5, 5.41) is 0. The van der Waals surface area contributed by atoms with Crippen LogP contribution in [0.25, 0.3) is 0 Å². The lowest BCUT2D eigenvalue weighted by Crippen LogP contribution is -1.91. The first-order valence-electron chi connectivity index (χ1n) is 4.97. The van der Waals surface area contributed by atoms with Crippen LogP contribution in [0.5, 0.6) is 0 Å². The lowest BCUT2D eigenvalue weighted by Gasteiger charge is -1.96. The number of aromatic nitrogens is 2. The van der Waals surface area contributed by atoms with Crippen LogP contribution in [0.15, 0.2) is 24.6 Å². The van der Waals surface area contributed by atoms with Crippen LogP contribution in [0.4, 0.5) is 8.78 Å². The van der Waals surface area contributed by atoms with E-state index < -0.39 is 6.08 Å². The quantitative estimate of drug-likeness (QED) is 0.769. The summed E-state index contributed by atoms with van der Waals surface area (Å²) in [4.78, 5) is 8.04. The molecule has 0 aliphatic heterocycles. The minimum absolute atomic E-state index is 0.306. The molecule has 0 N–H and O–H groups in total. The number of aryl methyl sites for hydroxylation is 2. The molecule has 1 heterocycles. The molecule has 0 radical (unpaired) electrons. The standard InChI is InChI=1S/C9H10F2N2.C2H6/c1-7-5-13-8(6-12-7)3-2-4-9(10)11;1-2/h4-6H,2-3H2,1H3;1-2H3. The third-order valence-electron chi connectivity index (χ3n) is 1.53. The van der Waals surface area contributed by atoms with E-state index in [4.69, 9.17) is 0 Å². The van der Waals surface area contributed by atoms with Crippen molar-refractivity contribution in [1.82, 2.24) is 9.97 Å². The highest BCUT2D eigenvalue weighted by atomic mass is 19.3. The molecule has 4 heteroatoms. The minimum atomic E-state index is -1.64. The van der Waals surface area contributed by atoms with Crippen molar-refractivity contribution in [2.24, 2.45) is 0 Å². The van der Waals surface area contributed by atoms with Crippen molar-refractivity contribution in [2.75, 3.05) is 0 Å². The topological polar surface area (TPSA) is 25.8 Å². The molecule has 0 bridgehead atoms. The summed E-state index contributed by atoms with van der Waals surface area (Å²) in [5.41, 5.74) is 1.57. The maximum Gasteiger partial charge on any atom is 0.266 e. The van der Waals surface area contributed by atoms with Crippen molar-refractivity contribution < 1.29 is 8.78 Å². The predicted octanol–water partition coefficient (Wildman–Crippen LogP) is 3.52. The van der Waals surface area contributed by atoms with E-state index in [-0.39, 0.29) is 0 Å². The maximum atomic E-state index is 11.6. The molecule has 0 unspecified atom stereocenters. The van der Waals surface area contributed by atoms with Crippen molar-refractivity contribution >= 4 is 0 Å². The molecule has 2 nitrogen and oxygen atoms in total. The molecule has 0 spiro atoms. The first-order valence-corrected chi connectivity index (χ1v) is 4.97.